The Hall–Kier alpha value is 1.57. The third kappa shape index (κ3) is 4.10. The fourth-order valence-electron chi connectivity index (χ4n) is 2.61. The zero-order valence-corrected chi connectivity index (χ0v) is 18.3. The Kier molecular flexibility index (Phi) is 7.11. The van der Waals surface area contributed by atoms with Crippen LogP contribution in [-0.4, -0.2) is 40.9 Å². The molecular weight excluding hydrogens is 323 g/mol. The molecule has 116 valence electrons. The van der Waals surface area contributed by atoms with Gasteiger partial charge in [0, 0.05) is 20.9 Å². The smallest absolute Gasteiger partial charge is 0.139 e. The summed E-state index contributed by atoms with van der Waals surface area (Å²) in [7, 11) is -2.90. The molecule has 1 atom stereocenters. The van der Waals surface area contributed by atoms with Gasteiger partial charge in [-0.3, -0.25) is 0 Å². The topological polar surface area (TPSA) is 0 Å². The molecule has 0 aliphatic heterocycles. The second-order valence-corrected chi connectivity index (χ2v) is 20.0. The van der Waals surface area contributed by atoms with Crippen LogP contribution in [0.1, 0.15) is 62.3 Å². The van der Waals surface area contributed by atoms with Crippen molar-refractivity contribution in [2.75, 3.05) is 12.6 Å². The summed E-state index contributed by atoms with van der Waals surface area (Å²) >= 11 is 12.8. The number of hydrogen-bond donors (Lipinski definition) is 0. The highest BCUT2D eigenvalue weighted by atomic mass is 35.5. The molecule has 0 rings (SSSR count). The Labute approximate surface area is 140 Å². The van der Waals surface area contributed by atoms with E-state index in [1.165, 1.54) is 0 Å². The third-order valence-electron chi connectivity index (χ3n) is 4.83. The van der Waals surface area contributed by atoms with E-state index in [0.29, 0.717) is 0 Å². The Morgan fingerprint density at radius 2 is 1.05 bits per heavy atom. The summed E-state index contributed by atoms with van der Waals surface area (Å²) in [5.41, 5.74) is 0. The van der Waals surface area contributed by atoms with Crippen LogP contribution in [-0.2, 0) is 0 Å². The maximum absolute atomic E-state index is 6.49. The fraction of sp³-hybridized carbons (Fsp3) is 1.00. The van der Waals surface area contributed by atoms with Crippen molar-refractivity contribution < 1.29 is 0 Å². The van der Waals surface area contributed by atoms with E-state index in [1.54, 1.807) is 0 Å². The lowest BCUT2D eigenvalue weighted by molar-refractivity contribution is 0.701. The highest BCUT2D eigenvalue weighted by molar-refractivity contribution is 8.19. The minimum absolute atomic E-state index is 0.194. The van der Waals surface area contributed by atoms with E-state index in [1.807, 2.05) is 12.8 Å². The average molecular weight is 355 g/mol. The predicted molar refractivity (Wildman–Crippen MR) is 107 cm³/mol. The second-order valence-electron chi connectivity index (χ2n) is 8.99. The molecule has 0 aromatic rings. The molecule has 0 N–H and O–H groups in total. The van der Waals surface area contributed by atoms with Crippen LogP contribution < -0.4 is 0 Å². The standard InChI is InChI=1S/C14H32B2Cl2P2/c1-12(2,3)19(10,15-17)11-20(16-18,13(4,5)6)14(7,8)9/h11H2,1-10H3/q+2. The summed E-state index contributed by atoms with van der Waals surface area (Å²) in [6.07, 6.45) is 4.02. The van der Waals surface area contributed by atoms with Crippen LogP contribution in [0.4, 0.5) is 0 Å². The highest BCUT2D eigenvalue weighted by Gasteiger charge is 2.65. The molecule has 0 aromatic heterocycles. The van der Waals surface area contributed by atoms with Gasteiger partial charge in [-0.15, -0.1) is 22.9 Å². The Balaban J connectivity index is 5.96. The predicted octanol–water partition coefficient (Wildman–Crippen LogP) is 6.55. The molecule has 0 fully saturated rings. The number of halogens is 2. The van der Waals surface area contributed by atoms with Gasteiger partial charge in [-0.2, -0.15) is 0 Å². The van der Waals surface area contributed by atoms with E-state index in [-0.39, 0.29) is 15.5 Å². The van der Waals surface area contributed by atoms with Crippen molar-refractivity contribution in [1.82, 2.24) is 0 Å². The van der Waals surface area contributed by atoms with Crippen molar-refractivity contribution in [3.8, 4) is 0 Å². The van der Waals surface area contributed by atoms with Gasteiger partial charge in [-0.25, -0.2) is 0 Å². The SMILES string of the molecule is CC(C)(C)[P+](C)([B]Cl)C[P+]([B]Cl)(C(C)(C)C)C(C)(C)C. The van der Waals surface area contributed by atoms with Gasteiger partial charge in [-0.1, -0.05) is 0 Å². The van der Waals surface area contributed by atoms with Crippen LogP contribution in [0.25, 0.3) is 0 Å². The van der Waals surface area contributed by atoms with Crippen molar-refractivity contribution >= 4 is 50.0 Å². The summed E-state index contributed by atoms with van der Waals surface area (Å²) in [5, 5.41) is 0.606. The fourth-order valence-corrected chi connectivity index (χ4v) is 18.5. The molecule has 0 aromatic carbocycles. The molecule has 0 nitrogen and oxygen atoms in total. The minimum Gasteiger partial charge on any atom is -0.139 e. The van der Waals surface area contributed by atoms with Crippen LogP contribution in [0.5, 0.6) is 0 Å². The van der Waals surface area contributed by atoms with Crippen LogP contribution >= 0.6 is 37.2 Å². The molecule has 0 aliphatic rings. The normalized spacial score (nSPS) is 17.6. The third-order valence-corrected chi connectivity index (χ3v) is 19.9. The molecule has 0 saturated carbocycles. The van der Waals surface area contributed by atoms with Crippen molar-refractivity contribution in [3.63, 3.8) is 0 Å². The molecule has 20 heavy (non-hydrogen) atoms. The van der Waals surface area contributed by atoms with Crippen LogP contribution in [0.15, 0.2) is 0 Å². The van der Waals surface area contributed by atoms with Gasteiger partial charge >= 0.3 is 12.8 Å². The first kappa shape index (κ1) is 21.6. The summed E-state index contributed by atoms with van der Waals surface area (Å²) in [4.78, 5) is 0. The quantitative estimate of drug-likeness (QED) is 0.396. The summed E-state index contributed by atoms with van der Waals surface area (Å²) in [5.74, 6) is 1.16. The molecule has 1 unspecified atom stereocenters. The van der Waals surface area contributed by atoms with Crippen LogP contribution in [0.2, 0.25) is 0 Å². The monoisotopic (exact) mass is 354 g/mol. The molecule has 0 saturated heterocycles. The summed E-state index contributed by atoms with van der Waals surface area (Å²) in [6.45, 7) is 23.4. The average Bonchev–Trinajstić information content (AvgIpc) is 2.20. The second kappa shape index (κ2) is 6.59. The van der Waals surface area contributed by atoms with Crippen LogP contribution in [0.3, 0.4) is 0 Å². The largest absolute Gasteiger partial charge is 0.481 e. The zero-order valence-electron chi connectivity index (χ0n) is 15.0. The van der Waals surface area contributed by atoms with E-state index in [9.17, 15) is 0 Å². The van der Waals surface area contributed by atoms with Gasteiger partial charge in [0.15, 0.2) is 0 Å². The summed E-state index contributed by atoms with van der Waals surface area (Å²) in [6, 6.07) is 0. The molecule has 0 heterocycles. The minimum atomic E-state index is -1.51. The lowest BCUT2D eigenvalue weighted by Gasteiger charge is -2.49. The number of rotatable bonds is 4. The maximum Gasteiger partial charge on any atom is 0.481 e. The van der Waals surface area contributed by atoms with Gasteiger partial charge in [0.2, 0.25) is 0 Å². The molecule has 0 aliphatic carbocycles. The molecule has 0 bridgehead atoms. The van der Waals surface area contributed by atoms with Crippen molar-refractivity contribution in [2.45, 2.75) is 77.8 Å². The summed E-state index contributed by atoms with van der Waals surface area (Å²) < 4.78 is 0. The lowest BCUT2D eigenvalue weighted by atomic mass is 10.2. The first-order valence-corrected chi connectivity index (χ1v) is 12.6. The molecule has 6 heteroatoms. The van der Waals surface area contributed by atoms with E-state index in [0.717, 1.165) is 5.90 Å². The van der Waals surface area contributed by atoms with Crippen LogP contribution in [0, 0.1) is 0 Å². The van der Waals surface area contributed by atoms with Gasteiger partial charge in [-0.05, 0) is 62.3 Å². The van der Waals surface area contributed by atoms with Gasteiger partial charge in [0.1, 0.15) is 5.90 Å². The molecule has 0 spiro atoms. The Bertz CT molecular complexity index is 316. The zero-order chi connectivity index (χ0) is 16.6. The van der Waals surface area contributed by atoms with Crippen molar-refractivity contribution in [2.24, 2.45) is 0 Å². The van der Waals surface area contributed by atoms with E-state index < -0.39 is 14.3 Å². The molecular formula is C14H32B2Cl2P2+2. The van der Waals surface area contributed by atoms with Crippen molar-refractivity contribution in [3.05, 3.63) is 0 Å². The maximum atomic E-state index is 6.49. The molecule has 0 amide bonds. The van der Waals surface area contributed by atoms with E-state index in [4.69, 9.17) is 22.9 Å². The van der Waals surface area contributed by atoms with Gasteiger partial charge in [0.25, 0.3) is 0 Å². The first-order valence-electron chi connectivity index (χ1n) is 7.20. The van der Waals surface area contributed by atoms with Crippen molar-refractivity contribution in [1.29, 1.82) is 0 Å². The number of hydrogen-bond acceptors (Lipinski definition) is 0. The highest BCUT2D eigenvalue weighted by Crippen LogP contribution is 2.85. The Morgan fingerprint density at radius 3 is 1.20 bits per heavy atom. The first-order chi connectivity index (χ1) is 8.58. The Morgan fingerprint density at radius 1 is 0.700 bits per heavy atom. The van der Waals surface area contributed by atoms with Gasteiger partial charge in [0.05, 0.1) is 15.5 Å². The lowest BCUT2D eigenvalue weighted by Crippen LogP contribution is -2.40. The van der Waals surface area contributed by atoms with Gasteiger partial charge < -0.3 is 0 Å². The van der Waals surface area contributed by atoms with E-state index in [2.05, 4.69) is 69.0 Å². The van der Waals surface area contributed by atoms with E-state index >= 15 is 0 Å². The molecule has 2 radical (unpaired) electrons.